The van der Waals surface area contributed by atoms with Crippen LogP contribution >= 0.6 is 0 Å². The summed E-state index contributed by atoms with van der Waals surface area (Å²) >= 11 is 0. The highest BCUT2D eigenvalue weighted by atomic mass is 19.4. The third-order valence-electron chi connectivity index (χ3n) is 5.89. The number of carbonyl (C=O) groups excluding carboxylic acids is 1. The first-order valence-corrected chi connectivity index (χ1v) is 11.6. The predicted molar refractivity (Wildman–Crippen MR) is 139 cm³/mol. The number of carbonyl (C=O) groups is 1. The Bertz CT molecular complexity index is 1470. The highest BCUT2D eigenvalue weighted by Crippen LogP contribution is 2.41. The monoisotopic (exact) mass is 493 g/mol. The normalized spacial score (nSPS) is 13.0. The summed E-state index contributed by atoms with van der Waals surface area (Å²) in [5, 5.41) is 10.2. The standard InChI is InChI=1S/C32H22F3NO/c33-32(34,35)30-19-11-10-18-27(30)29(22-36)28(24-14-6-2-7-15-24)20-26(23-12-4-1-5-13-23)21-31(37)25-16-8-3-9-17-25/h1-21,29H/b26-21?,28-20-. The molecule has 37 heavy (non-hydrogen) atoms. The Morgan fingerprint density at radius 3 is 1.70 bits per heavy atom. The molecule has 0 N–H and O–H groups in total. The lowest BCUT2D eigenvalue weighted by molar-refractivity contribution is -0.138. The SMILES string of the molecule is N#CC(/C(=C\C(=CC(=O)c1ccccc1)c1ccccc1)c1ccccc1)c1ccccc1C(F)(F)F. The maximum Gasteiger partial charge on any atom is 0.416 e. The molecule has 0 fully saturated rings. The Kier molecular flexibility index (Phi) is 7.80. The van der Waals surface area contributed by atoms with Crippen LogP contribution in [0.2, 0.25) is 0 Å². The summed E-state index contributed by atoms with van der Waals surface area (Å²) in [6, 6.07) is 33.8. The number of halogens is 3. The topological polar surface area (TPSA) is 40.9 Å². The van der Waals surface area contributed by atoms with Crippen LogP contribution in [0.1, 0.15) is 38.5 Å². The molecule has 0 saturated heterocycles. The second-order valence-electron chi connectivity index (χ2n) is 8.31. The van der Waals surface area contributed by atoms with Crippen molar-refractivity contribution in [2.24, 2.45) is 0 Å². The number of nitriles is 1. The Hall–Kier alpha value is -4.69. The Balaban J connectivity index is 1.95. The summed E-state index contributed by atoms with van der Waals surface area (Å²) in [4.78, 5) is 13.1. The first-order valence-electron chi connectivity index (χ1n) is 11.6. The molecule has 0 aromatic heterocycles. The maximum atomic E-state index is 13.9. The summed E-state index contributed by atoms with van der Waals surface area (Å²) in [6.07, 6.45) is -1.53. The lowest BCUT2D eigenvalue weighted by atomic mass is 9.83. The van der Waals surface area contributed by atoms with Gasteiger partial charge in [0.25, 0.3) is 0 Å². The second kappa shape index (κ2) is 11.4. The number of alkyl halides is 3. The van der Waals surface area contributed by atoms with Crippen molar-refractivity contribution in [1.82, 2.24) is 0 Å². The van der Waals surface area contributed by atoms with Gasteiger partial charge in [0.05, 0.1) is 17.6 Å². The van der Waals surface area contributed by atoms with Gasteiger partial charge in [0.2, 0.25) is 0 Å². The largest absolute Gasteiger partial charge is 0.416 e. The molecule has 0 amide bonds. The molecule has 0 spiro atoms. The molecule has 0 aliphatic heterocycles. The smallest absolute Gasteiger partial charge is 0.289 e. The molecule has 0 aliphatic rings. The Labute approximate surface area is 213 Å². The molecule has 0 radical (unpaired) electrons. The molecule has 4 aromatic rings. The molecule has 0 aliphatic carbocycles. The lowest BCUT2D eigenvalue weighted by Gasteiger charge is -2.20. The van der Waals surface area contributed by atoms with Gasteiger partial charge >= 0.3 is 6.18 Å². The minimum Gasteiger partial charge on any atom is -0.289 e. The van der Waals surface area contributed by atoms with Crippen molar-refractivity contribution < 1.29 is 18.0 Å². The fourth-order valence-electron chi connectivity index (χ4n) is 4.11. The Morgan fingerprint density at radius 2 is 1.16 bits per heavy atom. The molecule has 0 bridgehead atoms. The van der Waals surface area contributed by atoms with Crippen LogP contribution in [0, 0.1) is 11.3 Å². The molecule has 182 valence electrons. The van der Waals surface area contributed by atoms with Gasteiger partial charge in [0.1, 0.15) is 0 Å². The number of rotatable bonds is 7. The third-order valence-corrected chi connectivity index (χ3v) is 5.89. The van der Waals surface area contributed by atoms with Gasteiger partial charge in [-0.05, 0) is 46.1 Å². The molecular weight excluding hydrogens is 471 g/mol. The van der Waals surface area contributed by atoms with Gasteiger partial charge in [-0.2, -0.15) is 18.4 Å². The molecule has 4 aromatic carbocycles. The maximum absolute atomic E-state index is 13.9. The molecule has 5 heteroatoms. The quantitative estimate of drug-likeness (QED) is 0.147. The zero-order valence-corrected chi connectivity index (χ0v) is 19.7. The third kappa shape index (κ3) is 6.12. The first kappa shape index (κ1) is 25.4. The van der Waals surface area contributed by atoms with Gasteiger partial charge in [-0.25, -0.2) is 0 Å². The van der Waals surface area contributed by atoms with Crippen molar-refractivity contribution >= 4 is 16.9 Å². The van der Waals surface area contributed by atoms with Crippen molar-refractivity contribution in [1.29, 1.82) is 5.26 Å². The second-order valence-corrected chi connectivity index (χ2v) is 8.31. The van der Waals surface area contributed by atoms with E-state index in [1.807, 2.05) is 36.4 Å². The van der Waals surface area contributed by atoms with E-state index < -0.39 is 17.7 Å². The molecule has 1 unspecified atom stereocenters. The lowest BCUT2D eigenvalue weighted by Crippen LogP contribution is -2.12. The minimum atomic E-state index is -4.63. The highest BCUT2D eigenvalue weighted by molar-refractivity contribution is 6.10. The van der Waals surface area contributed by atoms with E-state index in [1.54, 1.807) is 60.7 Å². The van der Waals surface area contributed by atoms with Crippen molar-refractivity contribution in [2.75, 3.05) is 0 Å². The van der Waals surface area contributed by atoms with E-state index in [0.29, 0.717) is 27.8 Å². The van der Waals surface area contributed by atoms with E-state index in [9.17, 15) is 23.2 Å². The van der Waals surface area contributed by atoms with Crippen molar-refractivity contribution in [3.63, 3.8) is 0 Å². The Morgan fingerprint density at radius 1 is 0.676 bits per heavy atom. The highest BCUT2D eigenvalue weighted by Gasteiger charge is 2.36. The molecular formula is C32H22F3NO. The van der Waals surface area contributed by atoms with Gasteiger partial charge in [0, 0.05) is 5.56 Å². The van der Waals surface area contributed by atoms with Crippen molar-refractivity contribution in [3.05, 3.63) is 155 Å². The number of nitrogens with zero attached hydrogens (tertiary/aromatic N) is 1. The van der Waals surface area contributed by atoms with Crippen LogP contribution in [0.5, 0.6) is 0 Å². The fourth-order valence-corrected chi connectivity index (χ4v) is 4.11. The van der Waals surface area contributed by atoms with Crippen LogP contribution in [0.25, 0.3) is 11.1 Å². The number of hydrogen-bond acceptors (Lipinski definition) is 2. The molecule has 0 saturated carbocycles. The van der Waals surface area contributed by atoms with Crippen LogP contribution in [-0.2, 0) is 6.18 Å². The van der Waals surface area contributed by atoms with Crippen LogP contribution < -0.4 is 0 Å². The average molecular weight is 494 g/mol. The van der Waals surface area contributed by atoms with E-state index >= 15 is 0 Å². The van der Waals surface area contributed by atoms with Crippen LogP contribution in [0.3, 0.4) is 0 Å². The van der Waals surface area contributed by atoms with Crippen LogP contribution in [0.4, 0.5) is 13.2 Å². The van der Waals surface area contributed by atoms with E-state index in [4.69, 9.17) is 0 Å². The summed E-state index contributed by atoms with van der Waals surface area (Å²) < 4.78 is 41.7. The van der Waals surface area contributed by atoms with Crippen LogP contribution in [-0.4, -0.2) is 5.78 Å². The summed E-state index contributed by atoms with van der Waals surface area (Å²) in [5.74, 6) is -1.49. The van der Waals surface area contributed by atoms with Gasteiger partial charge in [0.15, 0.2) is 5.78 Å². The molecule has 0 heterocycles. The van der Waals surface area contributed by atoms with E-state index in [2.05, 4.69) is 6.07 Å². The fraction of sp³-hybridized carbons (Fsp3) is 0.0625. The van der Waals surface area contributed by atoms with E-state index in [0.717, 1.165) is 6.07 Å². The van der Waals surface area contributed by atoms with E-state index in [-0.39, 0.29) is 11.3 Å². The number of benzene rings is 4. The average Bonchev–Trinajstić information content (AvgIpc) is 2.93. The van der Waals surface area contributed by atoms with Crippen molar-refractivity contribution in [2.45, 2.75) is 12.1 Å². The molecule has 1 atom stereocenters. The van der Waals surface area contributed by atoms with Crippen LogP contribution in [0.15, 0.2) is 127 Å². The summed E-state index contributed by atoms with van der Waals surface area (Å²) in [5.41, 5.74) is 1.59. The van der Waals surface area contributed by atoms with Crippen molar-refractivity contribution in [3.8, 4) is 6.07 Å². The summed E-state index contributed by atoms with van der Waals surface area (Å²) in [6.45, 7) is 0. The zero-order chi connectivity index (χ0) is 26.3. The summed E-state index contributed by atoms with van der Waals surface area (Å²) in [7, 11) is 0. The van der Waals surface area contributed by atoms with Gasteiger partial charge in [-0.15, -0.1) is 0 Å². The molecule has 4 rings (SSSR count). The number of hydrogen-bond donors (Lipinski definition) is 0. The zero-order valence-electron chi connectivity index (χ0n) is 19.7. The minimum absolute atomic E-state index is 0.144. The molecule has 2 nitrogen and oxygen atoms in total. The number of ketones is 1. The predicted octanol–water partition coefficient (Wildman–Crippen LogP) is 8.36. The van der Waals surface area contributed by atoms with Gasteiger partial charge < -0.3 is 0 Å². The first-order chi connectivity index (χ1) is 17.9. The van der Waals surface area contributed by atoms with E-state index in [1.165, 1.54) is 24.3 Å². The van der Waals surface area contributed by atoms with Gasteiger partial charge in [-0.3, -0.25) is 4.79 Å². The number of allylic oxidation sites excluding steroid dienone is 4. The van der Waals surface area contributed by atoms with Gasteiger partial charge in [-0.1, -0.05) is 109 Å².